The zero-order chi connectivity index (χ0) is 15.6. The number of nitrogen functional groups attached to an aromatic ring is 1. The van der Waals surface area contributed by atoms with Crippen molar-refractivity contribution in [3.05, 3.63) is 18.2 Å². The molecule has 0 aliphatic carbocycles. The molecule has 1 amide bonds. The van der Waals surface area contributed by atoms with Crippen LogP contribution < -0.4 is 15.8 Å². The van der Waals surface area contributed by atoms with Crippen LogP contribution in [0.3, 0.4) is 0 Å². The minimum atomic E-state index is -0.154. The molecule has 3 atom stereocenters. The van der Waals surface area contributed by atoms with Crippen molar-refractivity contribution in [2.75, 3.05) is 31.2 Å². The molecule has 0 radical (unpaired) electrons. The summed E-state index contributed by atoms with van der Waals surface area (Å²) in [4.78, 5) is 14.6. The summed E-state index contributed by atoms with van der Waals surface area (Å²) < 4.78 is 5.11. The van der Waals surface area contributed by atoms with Crippen molar-refractivity contribution in [3.63, 3.8) is 0 Å². The fourth-order valence-corrected chi connectivity index (χ4v) is 2.68. The fourth-order valence-electron chi connectivity index (χ4n) is 2.68. The highest BCUT2D eigenvalue weighted by Gasteiger charge is 2.32. The number of nitrogens with two attached hydrogens (primary N) is 1. The van der Waals surface area contributed by atoms with E-state index < -0.39 is 0 Å². The van der Waals surface area contributed by atoms with Gasteiger partial charge in [0.2, 0.25) is 5.91 Å². The number of amides is 1. The Morgan fingerprint density at radius 2 is 2.00 bits per heavy atom. The van der Waals surface area contributed by atoms with Crippen molar-refractivity contribution in [1.82, 2.24) is 4.90 Å². The number of rotatable bonds is 4. The van der Waals surface area contributed by atoms with E-state index in [-0.39, 0.29) is 11.9 Å². The minimum absolute atomic E-state index is 0.0202. The number of hydrogen-bond donors (Lipinski definition) is 2. The number of nitrogens with one attached hydrogen (secondary N) is 1. The number of benzene rings is 1. The van der Waals surface area contributed by atoms with Crippen molar-refractivity contribution in [3.8, 4) is 5.75 Å². The molecule has 1 aliphatic rings. The minimum Gasteiger partial charge on any atom is -0.497 e. The Balaban J connectivity index is 2.01. The predicted molar refractivity (Wildman–Crippen MR) is 85.4 cm³/mol. The maximum atomic E-state index is 12.4. The summed E-state index contributed by atoms with van der Waals surface area (Å²) in [5.74, 6) is 1.92. The molecule has 0 saturated carbocycles. The SMILES string of the molecule is COc1ccc(NC(=O)C(C)N2CC(C)C(C)C2)c(N)c1. The van der Waals surface area contributed by atoms with Crippen LogP contribution in [0.25, 0.3) is 0 Å². The molecule has 21 heavy (non-hydrogen) atoms. The average molecular weight is 291 g/mol. The Morgan fingerprint density at radius 3 is 2.52 bits per heavy atom. The molecule has 5 heteroatoms. The average Bonchev–Trinajstić information content (AvgIpc) is 2.79. The summed E-state index contributed by atoms with van der Waals surface area (Å²) in [6, 6.07) is 5.11. The number of methoxy groups -OCH3 is 1. The molecular weight excluding hydrogens is 266 g/mol. The van der Waals surface area contributed by atoms with Gasteiger partial charge in [0.15, 0.2) is 0 Å². The maximum absolute atomic E-state index is 12.4. The third kappa shape index (κ3) is 3.47. The third-order valence-electron chi connectivity index (χ3n) is 4.46. The van der Waals surface area contributed by atoms with E-state index in [2.05, 4.69) is 24.1 Å². The van der Waals surface area contributed by atoms with Crippen molar-refractivity contribution in [2.45, 2.75) is 26.8 Å². The molecule has 1 heterocycles. The lowest BCUT2D eigenvalue weighted by atomic mass is 10.0. The molecule has 0 aromatic heterocycles. The lowest BCUT2D eigenvalue weighted by molar-refractivity contribution is -0.120. The van der Waals surface area contributed by atoms with Gasteiger partial charge in [0.05, 0.1) is 24.5 Å². The number of hydrogen-bond acceptors (Lipinski definition) is 4. The zero-order valence-corrected chi connectivity index (χ0v) is 13.2. The topological polar surface area (TPSA) is 67.6 Å². The van der Waals surface area contributed by atoms with E-state index in [0.29, 0.717) is 29.0 Å². The van der Waals surface area contributed by atoms with E-state index in [1.54, 1.807) is 25.3 Å². The maximum Gasteiger partial charge on any atom is 0.241 e. The summed E-state index contributed by atoms with van der Waals surface area (Å²) in [5, 5.41) is 2.91. The van der Waals surface area contributed by atoms with Gasteiger partial charge in [-0.15, -0.1) is 0 Å². The second-order valence-corrected chi connectivity index (χ2v) is 6.03. The van der Waals surface area contributed by atoms with Gasteiger partial charge in [-0.3, -0.25) is 9.69 Å². The second-order valence-electron chi connectivity index (χ2n) is 6.03. The highest BCUT2D eigenvalue weighted by Crippen LogP contribution is 2.26. The number of carbonyl (C=O) groups is 1. The van der Waals surface area contributed by atoms with Crippen LogP contribution >= 0.6 is 0 Å². The Kier molecular flexibility index (Phi) is 4.73. The first-order valence-electron chi connectivity index (χ1n) is 7.40. The highest BCUT2D eigenvalue weighted by molar-refractivity contribution is 5.97. The summed E-state index contributed by atoms with van der Waals surface area (Å²) in [7, 11) is 1.59. The normalized spacial score (nSPS) is 23.8. The van der Waals surface area contributed by atoms with Gasteiger partial charge in [-0.25, -0.2) is 0 Å². The van der Waals surface area contributed by atoms with Gasteiger partial charge in [-0.1, -0.05) is 13.8 Å². The van der Waals surface area contributed by atoms with E-state index in [4.69, 9.17) is 10.5 Å². The third-order valence-corrected chi connectivity index (χ3v) is 4.46. The van der Waals surface area contributed by atoms with E-state index in [0.717, 1.165) is 13.1 Å². The van der Waals surface area contributed by atoms with Gasteiger partial charge in [-0.05, 0) is 30.9 Å². The number of anilines is 2. The van der Waals surface area contributed by atoms with Gasteiger partial charge in [-0.2, -0.15) is 0 Å². The van der Waals surface area contributed by atoms with Crippen LogP contribution in [-0.2, 0) is 4.79 Å². The van der Waals surface area contributed by atoms with Gasteiger partial charge < -0.3 is 15.8 Å². The lowest BCUT2D eigenvalue weighted by Crippen LogP contribution is -2.41. The first-order valence-corrected chi connectivity index (χ1v) is 7.40. The molecule has 0 bridgehead atoms. The molecular formula is C16H25N3O2. The van der Waals surface area contributed by atoms with E-state index in [9.17, 15) is 4.79 Å². The molecule has 1 saturated heterocycles. The highest BCUT2D eigenvalue weighted by atomic mass is 16.5. The smallest absolute Gasteiger partial charge is 0.241 e. The van der Waals surface area contributed by atoms with Crippen molar-refractivity contribution < 1.29 is 9.53 Å². The predicted octanol–water partition coefficient (Wildman–Crippen LogP) is 2.19. The van der Waals surface area contributed by atoms with E-state index >= 15 is 0 Å². The van der Waals surface area contributed by atoms with Crippen LogP contribution in [0, 0.1) is 11.8 Å². The number of nitrogens with zero attached hydrogens (tertiary/aromatic N) is 1. The molecule has 1 fully saturated rings. The van der Waals surface area contributed by atoms with Crippen molar-refractivity contribution in [2.24, 2.45) is 11.8 Å². The summed E-state index contributed by atoms with van der Waals surface area (Å²) >= 11 is 0. The number of likely N-dealkylation sites (tertiary alicyclic amines) is 1. The Morgan fingerprint density at radius 1 is 1.38 bits per heavy atom. The van der Waals surface area contributed by atoms with Crippen LogP contribution in [-0.4, -0.2) is 37.0 Å². The standard InChI is InChI=1S/C16H25N3O2/c1-10-8-19(9-11(10)2)12(3)16(20)18-15-6-5-13(21-4)7-14(15)17/h5-7,10-12H,8-9,17H2,1-4H3,(H,18,20). The van der Waals surface area contributed by atoms with Gasteiger partial charge in [0.1, 0.15) is 5.75 Å². The summed E-state index contributed by atoms with van der Waals surface area (Å²) in [5.41, 5.74) is 7.08. The molecule has 2 rings (SSSR count). The quantitative estimate of drug-likeness (QED) is 0.835. The molecule has 3 N–H and O–H groups in total. The molecule has 3 unspecified atom stereocenters. The van der Waals surface area contributed by atoms with E-state index in [1.807, 2.05) is 6.92 Å². The van der Waals surface area contributed by atoms with Gasteiger partial charge in [0, 0.05) is 19.2 Å². The molecule has 0 spiro atoms. The van der Waals surface area contributed by atoms with Crippen LogP contribution in [0.2, 0.25) is 0 Å². The van der Waals surface area contributed by atoms with E-state index in [1.165, 1.54) is 0 Å². The largest absolute Gasteiger partial charge is 0.497 e. The van der Waals surface area contributed by atoms with Crippen LogP contribution in [0.5, 0.6) is 5.75 Å². The molecule has 5 nitrogen and oxygen atoms in total. The Hall–Kier alpha value is -1.75. The Bertz CT molecular complexity index is 508. The monoisotopic (exact) mass is 291 g/mol. The van der Waals surface area contributed by atoms with Crippen LogP contribution in [0.15, 0.2) is 18.2 Å². The van der Waals surface area contributed by atoms with Gasteiger partial charge in [0.25, 0.3) is 0 Å². The molecule has 1 aromatic carbocycles. The molecule has 1 aliphatic heterocycles. The number of ether oxygens (including phenoxy) is 1. The Labute approximate surface area is 126 Å². The van der Waals surface area contributed by atoms with Crippen LogP contribution in [0.4, 0.5) is 11.4 Å². The summed E-state index contributed by atoms with van der Waals surface area (Å²) in [6.45, 7) is 8.34. The molecule has 116 valence electrons. The zero-order valence-electron chi connectivity index (χ0n) is 13.2. The van der Waals surface area contributed by atoms with Crippen molar-refractivity contribution in [1.29, 1.82) is 0 Å². The van der Waals surface area contributed by atoms with Gasteiger partial charge >= 0.3 is 0 Å². The van der Waals surface area contributed by atoms with Crippen molar-refractivity contribution >= 4 is 17.3 Å². The summed E-state index contributed by atoms with van der Waals surface area (Å²) in [6.07, 6.45) is 0. The fraction of sp³-hybridized carbons (Fsp3) is 0.562. The lowest BCUT2D eigenvalue weighted by Gasteiger charge is -2.23. The van der Waals surface area contributed by atoms with Crippen LogP contribution in [0.1, 0.15) is 20.8 Å². The number of carbonyl (C=O) groups excluding carboxylic acids is 1. The second kappa shape index (κ2) is 6.35. The molecule has 1 aromatic rings. The first kappa shape index (κ1) is 15.6. The first-order chi connectivity index (χ1) is 9.92.